The molecule has 5 rings (SSSR count). The van der Waals surface area contributed by atoms with Crippen LogP contribution in [0.5, 0.6) is 0 Å². The van der Waals surface area contributed by atoms with Gasteiger partial charge in [-0.1, -0.05) is 0 Å². The minimum absolute atomic E-state index is 0.0505. The Kier molecular flexibility index (Phi) is 9.13. The molecule has 0 radical (unpaired) electrons. The van der Waals surface area contributed by atoms with E-state index >= 15 is 0 Å². The van der Waals surface area contributed by atoms with Gasteiger partial charge in [0.15, 0.2) is 36.2 Å². The minimum atomic E-state index is -5.37. The summed E-state index contributed by atoms with van der Waals surface area (Å²) < 4.78 is 52.0. The van der Waals surface area contributed by atoms with Crippen molar-refractivity contribution in [1.29, 1.82) is 0 Å². The van der Waals surface area contributed by atoms with Crippen molar-refractivity contribution in [2.75, 3.05) is 18.9 Å². The topological polar surface area (TPSA) is 318 Å². The molecule has 21 nitrogen and oxygen atoms in total. The SMILES string of the molecule is NC(=O)c1ccc[n+]([C@@H]2O[C@@H](COP(=O)(O)OP(=O)(O)OC[C@@H]3O[C@@H](n4cnc5c(N)ncnc54)[C@H](O)[C@H]3O)[C@H](O)[C@H]2O)c1. The Morgan fingerprint density at radius 1 is 0.977 bits per heavy atom. The fraction of sp³-hybridized carbons (Fsp3) is 0.476. The largest absolute Gasteiger partial charge is 0.481 e. The third-order valence-corrected chi connectivity index (χ3v) is 9.35. The third kappa shape index (κ3) is 6.65. The second kappa shape index (κ2) is 12.4. The van der Waals surface area contributed by atoms with E-state index in [9.17, 15) is 44.1 Å². The molecule has 1 amide bonds. The maximum atomic E-state index is 12.4. The first-order chi connectivity index (χ1) is 20.7. The number of nitrogen functional groups attached to an aromatic ring is 1. The fourth-order valence-corrected chi connectivity index (χ4v) is 6.67. The average molecular weight is 664 g/mol. The molecule has 23 heteroatoms. The molecule has 2 unspecified atom stereocenters. The first kappa shape index (κ1) is 32.4. The number of phosphoric acid groups is 2. The van der Waals surface area contributed by atoms with Crippen molar-refractivity contribution in [3.8, 4) is 0 Å². The number of anilines is 1. The van der Waals surface area contributed by atoms with Gasteiger partial charge in [0.2, 0.25) is 0 Å². The summed E-state index contributed by atoms with van der Waals surface area (Å²) in [7, 11) is -10.7. The van der Waals surface area contributed by atoms with Gasteiger partial charge in [-0.05, 0) is 6.07 Å². The van der Waals surface area contributed by atoms with Crippen LogP contribution in [0.25, 0.3) is 11.2 Å². The zero-order chi connectivity index (χ0) is 32.0. The van der Waals surface area contributed by atoms with Gasteiger partial charge in [0.25, 0.3) is 12.1 Å². The molecule has 0 bridgehead atoms. The van der Waals surface area contributed by atoms with E-state index in [0.29, 0.717) is 0 Å². The molecule has 2 saturated heterocycles. The summed E-state index contributed by atoms with van der Waals surface area (Å²) >= 11 is 0. The molecule has 0 aromatic carbocycles. The lowest BCUT2D eigenvalue weighted by Gasteiger charge is -2.20. The van der Waals surface area contributed by atoms with Crippen molar-refractivity contribution in [2.45, 2.75) is 49.1 Å². The molecule has 0 spiro atoms. The number of nitrogens with zero attached hydrogens (tertiary/aromatic N) is 5. The monoisotopic (exact) mass is 664 g/mol. The van der Waals surface area contributed by atoms with Crippen LogP contribution in [0.2, 0.25) is 0 Å². The lowest BCUT2D eigenvalue weighted by Crippen LogP contribution is -2.46. The standard InChI is InChI=1S/C21H27N7O14P2/c22-17-12-19(25-7-24-17)28(8-26-12)21-16(32)14(30)11(41-21)6-39-44(36,37)42-43(34,35)38-5-10-13(29)15(31)20(40-10)27-3-1-2-9(4-27)18(23)33/h1-4,7-8,10-11,13-16,20-21,29-32H,5-6H2,(H5-,22,23,24,25,33,34,35,36,37)/p+1/t10-,11-,13-,14-,15+,16+,20+,21+/m0/s1. The van der Waals surface area contributed by atoms with Crippen LogP contribution < -0.4 is 16.0 Å². The molecule has 0 aliphatic carbocycles. The fourth-order valence-electron chi connectivity index (χ4n) is 4.58. The van der Waals surface area contributed by atoms with E-state index in [-0.39, 0.29) is 22.5 Å². The van der Waals surface area contributed by atoms with E-state index < -0.39 is 83.8 Å². The molecule has 10 atom stereocenters. The quantitative estimate of drug-likeness (QED) is 0.0747. The van der Waals surface area contributed by atoms with Gasteiger partial charge in [0, 0.05) is 6.07 Å². The molecule has 2 fully saturated rings. The number of aliphatic hydroxyl groups excluding tert-OH is 4. The number of hydrogen-bond donors (Lipinski definition) is 8. The number of amides is 1. The number of aromatic nitrogens is 5. The van der Waals surface area contributed by atoms with E-state index in [1.165, 1.54) is 40.0 Å². The number of nitrogens with two attached hydrogens (primary N) is 2. The zero-order valence-electron chi connectivity index (χ0n) is 22.2. The van der Waals surface area contributed by atoms with Crippen LogP contribution in [0.1, 0.15) is 22.8 Å². The van der Waals surface area contributed by atoms with Gasteiger partial charge < -0.3 is 51.2 Å². The van der Waals surface area contributed by atoms with Crippen molar-refractivity contribution in [3.63, 3.8) is 0 Å². The van der Waals surface area contributed by atoms with Crippen molar-refractivity contribution in [3.05, 3.63) is 42.7 Å². The highest BCUT2D eigenvalue weighted by Gasteiger charge is 2.50. The van der Waals surface area contributed by atoms with Crippen LogP contribution in [0.4, 0.5) is 5.82 Å². The lowest BCUT2D eigenvalue weighted by atomic mass is 10.1. The highest BCUT2D eigenvalue weighted by atomic mass is 31.3. The van der Waals surface area contributed by atoms with Crippen LogP contribution in [-0.4, -0.2) is 105 Å². The zero-order valence-corrected chi connectivity index (χ0v) is 24.0. The summed E-state index contributed by atoms with van der Waals surface area (Å²) in [6.07, 6.45) is -6.85. The van der Waals surface area contributed by atoms with Gasteiger partial charge >= 0.3 is 15.6 Å². The Morgan fingerprint density at radius 3 is 2.27 bits per heavy atom. The molecule has 3 aromatic heterocycles. The molecular weight excluding hydrogens is 636 g/mol. The van der Waals surface area contributed by atoms with E-state index in [1.54, 1.807) is 0 Å². The van der Waals surface area contributed by atoms with Crippen LogP contribution in [-0.2, 0) is 32.0 Å². The number of ether oxygens (including phenoxy) is 2. The molecule has 5 heterocycles. The van der Waals surface area contributed by atoms with Gasteiger partial charge in [-0.15, -0.1) is 0 Å². The summed E-state index contributed by atoms with van der Waals surface area (Å²) in [5.41, 5.74) is 11.4. The Labute approximate surface area is 246 Å². The Hall–Kier alpha value is -3.01. The Bertz CT molecular complexity index is 1630. The predicted molar refractivity (Wildman–Crippen MR) is 139 cm³/mol. The normalized spacial score (nSPS) is 31.6. The summed E-state index contributed by atoms with van der Waals surface area (Å²) in [6, 6.07) is 2.83. The van der Waals surface area contributed by atoms with Crippen molar-refractivity contribution < 1.29 is 71.5 Å². The second-order valence-electron chi connectivity index (χ2n) is 9.69. The van der Waals surface area contributed by atoms with E-state index in [2.05, 4.69) is 23.8 Å². The second-order valence-corrected chi connectivity index (χ2v) is 12.7. The Balaban J connectivity index is 1.16. The van der Waals surface area contributed by atoms with E-state index in [4.69, 9.17) is 25.5 Å². The smallest absolute Gasteiger partial charge is 0.387 e. The third-order valence-electron chi connectivity index (χ3n) is 6.75. The number of aliphatic hydroxyl groups is 4. The molecule has 10 N–H and O–H groups in total. The number of phosphoric ester groups is 2. The molecular formula is C21H28N7O14P2+. The molecule has 44 heavy (non-hydrogen) atoms. The van der Waals surface area contributed by atoms with Gasteiger partial charge in [0.1, 0.15) is 47.9 Å². The number of rotatable bonds is 11. The molecule has 3 aromatic rings. The van der Waals surface area contributed by atoms with Crippen LogP contribution in [0.3, 0.4) is 0 Å². The lowest BCUT2D eigenvalue weighted by molar-refractivity contribution is -0.765. The summed E-state index contributed by atoms with van der Waals surface area (Å²) in [5, 5.41) is 41.6. The Morgan fingerprint density at radius 2 is 1.61 bits per heavy atom. The highest BCUT2D eigenvalue weighted by molar-refractivity contribution is 7.61. The van der Waals surface area contributed by atoms with Gasteiger partial charge in [-0.25, -0.2) is 24.1 Å². The van der Waals surface area contributed by atoms with Crippen LogP contribution in [0.15, 0.2) is 37.2 Å². The molecule has 2 aliphatic heterocycles. The summed E-state index contributed by atoms with van der Waals surface area (Å²) in [4.78, 5) is 43.3. The van der Waals surface area contributed by atoms with Crippen molar-refractivity contribution in [1.82, 2.24) is 19.5 Å². The van der Waals surface area contributed by atoms with Gasteiger partial charge in [0.05, 0.1) is 19.5 Å². The van der Waals surface area contributed by atoms with E-state index in [0.717, 1.165) is 6.33 Å². The summed E-state index contributed by atoms with van der Waals surface area (Å²) in [5.74, 6) is -0.714. The minimum Gasteiger partial charge on any atom is -0.387 e. The molecule has 0 saturated carbocycles. The number of carbonyl (C=O) groups excluding carboxylic acids is 1. The first-order valence-electron chi connectivity index (χ1n) is 12.6. The van der Waals surface area contributed by atoms with Crippen LogP contribution in [0, 0.1) is 0 Å². The van der Waals surface area contributed by atoms with E-state index in [1.807, 2.05) is 0 Å². The van der Waals surface area contributed by atoms with Gasteiger partial charge in [-0.3, -0.25) is 18.4 Å². The number of pyridine rings is 1. The summed E-state index contributed by atoms with van der Waals surface area (Å²) in [6.45, 7) is -1.80. The van der Waals surface area contributed by atoms with Crippen molar-refractivity contribution in [2.24, 2.45) is 5.73 Å². The number of primary amides is 1. The molecule has 2 aliphatic rings. The van der Waals surface area contributed by atoms with Crippen LogP contribution >= 0.6 is 15.6 Å². The van der Waals surface area contributed by atoms with Crippen molar-refractivity contribution >= 4 is 38.5 Å². The maximum absolute atomic E-state index is 12.4. The number of carbonyl (C=O) groups is 1. The highest BCUT2D eigenvalue weighted by Crippen LogP contribution is 2.60. The number of fused-ring (bicyclic) bond motifs is 1. The average Bonchev–Trinajstić information content (AvgIpc) is 3.61. The number of hydrogen-bond acceptors (Lipinski definition) is 16. The number of imidazole rings is 1. The predicted octanol–water partition coefficient (Wildman–Crippen LogP) is -3.02. The first-order valence-corrected chi connectivity index (χ1v) is 15.6. The van der Waals surface area contributed by atoms with Gasteiger partial charge in [-0.2, -0.15) is 8.88 Å². The molecule has 240 valence electrons. The maximum Gasteiger partial charge on any atom is 0.481 e.